The summed E-state index contributed by atoms with van der Waals surface area (Å²) in [5, 5.41) is 9.06. The number of nitrogens with zero attached hydrogens (tertiary/aromatic N) is 2. The SMILES string of the molecule is CC1(C)OB(c2cccc(N3CCC(C#N)C3)c2)OC1(C)C. The molecule has 116 valence electrons. The zero-order valence-corrected chi connectivity index (χ0v) is 13.8. The van der Waals surface area contributed by atoms with Gasteiger partial charge in [0, 0.05) is 18.8 Å². The monoisotopic (exact) mass is 298 g/mol. The maximum atomic E-state index is 9.06. The second kappa shape index (κ2) is 5.29. The second-order valence-electron chi connectivity index (χ2n) is 7.24. The minimum atomic E-state index is -0.334. The summed E-state index contributed by atoms with van der Waals surface area (Å²) in [5.74, 6) is 0.139. The van der Waals surface area contributed by atoms with E-state index in [1.807, 2.05) is 12.1 Å². The molecule has 0 saturated carbocycles. The summed E-state index contributed by atoms with van der Waals surface area (Å²) in [6, 6.07) is 10.7. The standard InChI is InChI=1S/C17H23BN2O2/c1-16(2)17(3,4)22-18(21-16)14-6-5-7-15(10-14)20-9-8-13(11-19)12-20/h5-7,10,13H,8-9,12H2,1-4H3. The minimum absolute atomic E-state index is 0.139. The van der Waals surface area contributed by atoms with Crippen molar-refractivity contribution in [2.75, 3.05) is 18.0 Å². The highest BCUT2D eigenvalue weighted by atomic mass is 16.7. The molecule has 22 heavy (non-hydrogen) atoms. The molecule has 2 aliphatic heterocycles. The first-order valence-electron chi connectivity index (χ1n) is 7.92. The number of benzene rings is 1. The van der Waals surface area contributed by atoms with Crippen LogP contribution < -0.4 is 10.4 Å². The van der Waals surface area contributed by atoms with Crippen LogP contribution >= 0.6 is 0 Å². The Morgan fingerprint density at radius 2 is 1.91 bits per heavy atom. The molecule has 2 saturated heterocycles. The molecule has 2 heterocycles. The van der Waals surface area contributed by atoms with Gasteiger partial charge in [-0.3, -0.25) is 0 Å². The van der Waals surface area contributed by atoms with Gasteiger partial charge in [0.1, 0.15) is 0 Å². The maximum Gasteiger partial charge on any atom is 0.494 e. The van der Waals surface area contributed by atoms with E-state index < -0.39 is 0 Å². The van der Waals surface area contributed by atoms with Crippen LogP contribution in [0.2, 0.25) is 0 Å². The summed E-state index contributed by atoms with van der Waals surface area (Å²) < 4.78 is 12.2. The lowest BCUT2D eigenvalue weighted by Crippen LogP contribution is -2.41. The quantitative estimate of drug-likeness (QED) is 0.786. The zero-order valence-electron chi connectivity index (χ0n) is 13.8. The Labute approximate surface area is 133 Å². The van der Waals surface area contributed by atoms with Gasteiger partial charge in [-0.05, 0) is 51.7 Å². The van der Waals surface area contributed by atoms with Gasteiger partial charge < -0.3 is 14.2 Å². The van der Waals surface area contributed by atoms with E-state index in [-0.39, 0.29) is 24.2 Å². The number of rotatable bonds is 2. The third-order valence-electron chi connectivity index (χ3n) is 5.13. The van der Waals surface area contributed by atoms with Crippen LogP contribution in [0.3, 0.4) is 0 Å². The van der Waals surface area contributed by atoms with Crippen molar-refractivity contribution < 1.29 is 9.31 Å². The Kier molecular flexibility index (Phi) is 3.70. The van der Waals surface area contributed by atoms with Gasteiger partial charge in [-0.15, -0.1) is 0 Å². The summed E-state index contributed by atoms with van der Waals surface area (Å²) in [5.41, 5.74) is 1.53. The summed E-state index contributed by atoms with van der Waals surface area (Å²) in [6.45, 7) is 10.0. The van der Waals surface area contributed by atoms with E-state index in [0.29, 0.717) is 0 Å². The highest BCUT2D eigenvalue weighted by Crippen LogP contribution is 2.36. The number of anilines is 1. The molecular formula is C17H23BN2O2. The summed E-state index contributed by atoms with van der Waals surface area (Å²) >= 11 is 0. The highest BCUT2D eigenvalue weighted by Gasteiger charge is 2.51. The first kappa shape index (κ1) is 15.4. The molecule has 1 aromatic rings. The van der Waals surface area contributed by atoms with Gasteiger partial charge in [0.25, 0.3) is 0 Å². The van der Waals surface area contributed by atoms with Crippen molar-refractivity contribution in [2.45, 2.75) is 45.3 Å². The van der Waals surface area contributed by atoms with Gasteiger partial charge in [0.2, 0.25) is 0 Å². The molecule has 3 rings (SSSR count). The molecule has 1 aromatic carbocycles. The molecule has 5 heteroatoms. The summed E-state index contributed by atoms with van der Waals surface area (Å²) in [6.07, 6.45) is 0.942. The van der Waals surface area contributed by atoms with E-state index in [1.54, 1.807) is 0 Å². The van der Waals surface area contributed by atoms with Crippen molar-refractivity contribution in [3.8, 4) is 6.07 Å². The molecule has 0 aliphatic carbocycles. The molecule has 0 radical (unpaired) electrons. The number of hydrogen-bond acceptors (Lipinski definition) is 4. The average Bonchev–Trinajstić information content (AvgIpc) is 3.02. The second-order valence-corrected chi connectivity index (χ2v) is 7.24. The van der Waals surface area contributed by atoms with E-state index in [1.165, 1.54) is 0 Å². The molecule has 0 aromatic heterocycles. The zero-order chi connectivity index (χ0) is 16.0. The minimum Gasteiger partial charge on any atom is -0.399 e. The third-order valence-corrected chi connectivity index (χ3v) is 5.13. The van der Waals surface area contributed by atoms with Gasteiger partial charge in [-0.1, -0.05) is 12.1 Å². The Morgan fingerprint density at radius 3 is 2.50 bits per heavy atom. The van der Waals surface area contributed by atoms with Crippen LogP contribution in [0, 0.1) is 17.2 Å². The molecular weight excluding hydrogens is 275 g/mol. The Morgan fingerprint density at radius 1 is 1.23 bits per heavy atom. The van der Waals surface area contributed by atoms with Crippen molar-refractivity contribution in [1.82, 2.24) is 0 Å². The van der Waals surface area contributed by atoms with Crippen molar-refractivity contribution in [3.63, 3.8) is 0 Å². The molecule has 1 atom stereocenters. The topological polar surface area (TPSA) is 45.5 Å². The highest BCUT2D eigenvalue weighted by molar-refractivity contribution is 6.62. The molecule has 0 spiro atoms. The van der Waals surface area contributed by atoms with Crippen molar-refractivity contribution in [3.05, 3.63) is 24.3 Å². The van der Waals surface area contributed by atoms with E-state index in [0.717, 1.165) is 30.7 Å². The Hall–Kier alpha value is -1.51. The molecule has 1 unspecified atom stereocenters. The van der Waals surface area contributed by atoms with E-state index in [4.69, 9.17) is 14.6 Å². The fourth-order valence-electron chi connectivity index (χ4n) is 2.95. The fraction of sp³-hybridized carbons (Fsp3) is 0.588. The van der Waals surface area contributed by atoms with Crippen molar-refractivity contribution in [1.29, 1.82) is 5.26 Å². The van der Waals surface area contributed by atoms with Gasteiger partial charge in [-0.25, -0.2) is 0 Å². The predicted octanol–water partition coefficient (Wildman–Crippen LogP) is 2.34. The largest absolute Gasteiger partial charge is 0.494 e. The van der Waals surface area contributed by atoms with Crippen molar-refractivity contribution >= 4 is 18.3 Å². The molecule has 4 nitrogen and oxygen atoms in total. The lowest BCUT2D eigenvalue weighted by molar-refractivity contribution is 0.00578. The van der Waals surface area contributed by atoms with Crippen LogP contribution in [0.15, 0.2) is 24.3 Å². The fourth-order valence-corrected chi connectivity index (χ4v) is 2.95. The van der Waals surface area contributed by atoms with Crippen molar-refractivity contribution in [2.24, 2.45) is 5.92 Å². The van der Waals surface area contributed by atoms with E-state index in [9.17, 15) is 0 Å². The molecule has 2 aliphatic rings. The smallest absolute Gasteiger partial charge is 0.399 e. The molecule has 0 bridgehead atoms. The first-order chi connectivity index (χ1) is 10.3. The average molecular weight is 298 g/mol. The van der Waals surface area contributed by atoms with Crippen LogP contribution in [0.4, 0.5) is 5.69 Å². The van der Waals surface area contributed by atoms with Gasteiger partial charge >= 0.3 is 7.12 Å². The lowest BCUT2D eigenvalue weighted by Gasteiger charge is -2.32. The summed E-state index contributed by atoms with van der Waals surface area (Å²) in [4.78, 5) is 2.27. The number of hydrogen-bond donors (Lipinski definition) is 0. The van der Waals surface area contributed by atoms with E-state index >= 15 is 0 Å². The lowest BCUT2D eigenvalue weighted by atomic mass is 9.79. The van der Waals surface area contributed by atoms with Crippen LogP contribution in [-0.4, -0.2) is 31.4 Å². The van der Waals surface area contributed by atoms with Crippen LogP contribution in [0.1, 0.15) is 34.1 Å². The number of nitriles is 1. The van der Waals surface area contributed by atoms with Gasteiger partial charge in [0.05, 0.1) is 23.2 Å². The molecule has 0 amide bonds. The van der Waals surface area contributed by atoms with Gasteiger partial charge in [-0.2, -0.15) is 5.26 Å². The van der Waals surface area contributed by atoms with Gasteiger partial charge in [0.15, 0.2) is 0 Å². The van der Waals surface area contributed by atoms with Crippen LogP contribution in [0.5, 0.6) is 0 Å². The normalized spacial score (nSPS) is 26.2. The first-order valence-corrected chi connectivity index (χ1v) is 7.92. The van der Waals surface area contributed by atoms with Crippen LogP contribution in [-0.2, 0) is 9.31 Å². The maximum absolute atomic E-state index is 9.06. The van der Waals surface area contributed by atoms with E-state index in [2.05, 4.69) is 50.8 Å². The van der Waals surface area contributed by atoms with Crippen LogP contribution in [0.25, 0.3) is 0 Å². The Balaban J connectivity index is 1.80. The summed E-state index contributed by atoms with van der Waals surface area (Å²) in [7, 11) is -0.334. The molecule has 2 fully saturated rings. The predicted molar refractivity (Wildman–Crippen MR) is 88.1 cm³/mol. The third kappa shape index (κ3) is 2.62. The Bertz CT molecular complexity index is 593. The molecule has 0 N–H and O–H groups in total.